The second-order valence-electron chi connectivity index (χ2n) is 6.96. The molecule has 2 rings (SSSR count). The first-order valence-corrected chi connectivity index (χ1v) is 7.17. The van der Waals surface area contributed by atoms with Gasteiger partial charge in [0.25, 0.3) is 0 Å². The summed E-state index contributed by atoms with van der Waals surface area (Å²) in [7, 11) is 0. The molecule has 0 radical (unpaired) electrons. The summed E-state index contributed by atoms with van der Waals surface area (Å²) in [5.41, 5.74) is 0.397. The van der Waals surface area contributed by atoms with E-state index in [1.165, 1.54) is 0 Å². The van der Waals surface area contributed by atoms with E-state index in [2.05, 4.69) is 26.1 Å². The molecule has 0 aromatic rings. The van der Waals surface area contributed by atoms with E-state index in [-0.39, 0.29) is 10.8 Å². The Morgan fingerprint density at radius 3 is 2.00 bits per heavy atom. The van der Waals surface area contributed by atoms with Gasteiger partial charge in [-0.2, -0.15) is 0 Å². The van der Waals surface area contributed by atoms with E-state index >= 15 is 0 Å². The lowest BCUT2D eigenvalue weighted by Crippen LogP contribution is -2.72. The summed E-state index contributed by atoms with van der Waals surface area (Å²) in [6, 6.07) is 0.446. The normalized spacial score (nSPS) is 27.4. The van der Waals surface area contributed by atoms with Crippen LogP contribution in [0.2, 0.25) is 0 Å². The fraction of sp³-hybridized carbons (Fsp3) is 0.786. The molecule has 22 heavy (non-hydrogen) atoms. The number of carbonyl (C=O) groups is 3. The zero-order chi connectivity index (χ0) is 17.1. The topological polar surface area (TPSA) is 127 Å². The maximum Gasteiger partial charge on any atom is 0.414 e. The predicted octanol–water partition coefficient (Wildman–Crippen LogP) is 0.920. The number of rotatable bonds is 0. The van der Waals surface area contributed by atoms with Crippen molar-refractivity contribution in [3.63, 3.8) is 0 Å². The number of nitrogens with one attached hydrogen (secondary N) is 1. The lowest BCUT2D eigenvalue weighted by molar-refractivity contribution is -0.159. The minimum Gasteiger partial charge on any atom is -0.473 e. The van der Waals surface area contributed by atoms with Crippen molar-refractivity contribution in [3.05, 3.63) is 0 Å². The maximum atomic E-state index is 11.0. The highest BCUT2D eigenvalue weighted by Gasteiger charge is 2.53. The monoisotopic (exact) mass is 316 g/mol. The van der Waals surface area contributed by atoms with E-state index in [4.69, 9.17) is 24.9 Å². The van der Waals surface area contributed by atoms with Gasteiger partial charge in [-0.15, -0.1) is 0 Å². The molecule has 0 aromatic heterocycles. The quantitative estimate of drug-likeness (QED) is 0.489. The van der Waals surface area contributed by atoms with Crippen LogP contribution in [0.1, 0.15) is 33.6 Å². The highest BCUT2D eigenvalue weighted by molar-refractivity contribution is 6.27. The van der Waals surface area contributed by atoms with Crippen LogP contribution in [0.4, 0.5) is 4.79 Å². The Morgan fingerprint density at radius 2 is 1.68 bits per heavy atom. The molecular formula is C14H24N2O6. The number of nitrogens with zero attached hydrogens (tertiary/aromatic N) is 1. The van der Waals surface area contributed by atoms with Crippen LogP contribution in [0.5, 0.6) is 0 Å². The second kappa shape index (κ2) is 6.51. The Morgan fingerprint density at radius 1 is 1.14 bits per heavy atom. The lowest BCUT2D eigenvalue weighted by atomic mass is 9.60. The van der Waals surface area contributed by atoms with Crippen LogP contribution in [0.15, 0.2) is 0 Å². The Balaban J connectivity index is 0.000000346. The Labute approximate surface area is 129 Å². The van der Waals surface area contributed by atoms with Crippen molar-refractivity contribution in [1.29, 1.82) is 0 Å². The number of aliphatic carboxylic acids is 2. The predicted molar refractivity (Wildman–Crippen MR) is 77.8 cm³/mol. The summed E-state index contributed by atoms with van der Waals surface area (Å²) in [6.07, 6.45) is 1.39. The van der Waals surface area contributed by atoms with Crippen molar-refractivity contribution < 1.29 is 29.7 Å². The largest absolute Gasteiger partial charge is 0.473 e. The third-order valence-electron chi connectivity index (χ3n) is 4.20. The van der Waals surface area contributed by atoms with E-state index in [1.807, 2.05) is 0 Å². The van der Waals surface area contributed by atoms with Gasteiger partial charge in [0.1, 0.15) is 0 Å². The van der Waals surface area contributed by atoms with Crippen molar-refractivity contribution in [3.8, 4) is 0 Å². The number of likely N-dealkylation sites (tertiary alicyclic amines) is 1. The number of amides is 1. The van der Waals surface area contributed by atoms with E-state index in [0.717, 1.165) is 19.4 Å². The van der Waals surface area contributed by atoms with Crippen LogP contribution >= 0.6 is 0 Å². The van der Waals surface area contributed by atoms with E-state index in [9.17, 15) is 4.79 Å². The van der Waals surface area contributed by atoms with Gasteiger partial charge in [-0.05, 0) is 18.3 Å². The summed E-state index contributed by atoms with van der Waals surface area (Å²) in [5, 5.41) is 27.4. The molecule has 2 atom stereocenters. The molecule has 2 unspecified atom stereocenters. The van der Waals surface area contributed by atoms with Gasteiger partial charge in [0, 0.05) is 31.1 Å². The number of hydrogen-bond acceptors (Lipinski definition) is 4. The third-order valence-corrected chi connectivity index (χ3v) is 4.20. The summed E-state index contributed by atoms with van der Waals surface area (Å²) in [4.78, 5) is 30.8. The average Bonchev–Trinajstić information content (AvgIpc) is 2.36. The van der Waals surface area contributed by atoms with E-state index in [0.29, 0.717) is 19.1 Å². The molecule has 1 amide bonds. The SMILES string of the molecule is CC(C)(C)C1NCC12CCCN(C(=O)O)C2.O=C(O)C(=O)O. The fourth-order valence-corrected chi connectivity index (χ4v) is 3.42. The molecule has 0 aromatic carbocycles. The van der Waals surface area contributed by atoms with Gasteiger partial charge in [0.05, 0.1) is 0 Å². The molecule has 8 nitrogen and oxygen atoms in total. The molecule has 8 heteroatoms. The maximum absolute atomic E-state index is 11.0. The van der Waals surface area contributed by atoms with Crippen molar-refractivity contribution in [2.24, 2.45) is 10.8 Å². The molecule has 1 spiro atoms. The van der Waals surface area contributed by atoms with Crippen molar-refractivity contribution in [2.75, 3.05) is 19.6 Å². The number of carboxylic acid groups (broad SMARTS) is 3. The molecule has 4 N–H and O–H groups in total. The number of hydrogen-bond donors (Lipinski definition) is 4. The minimum absolute atomic E-state index is 0.189. The summed E-state index contributed by atoms with van der Waals surface area (Å²) in [5.74, 6) is -3.65. The van der Waals surface area contributed by atoms with Crippen LogP contribution in [0.3, 0.4) is 0 Å². The van der Waals surface area contributed by atoms with Gasteiger partial charge >= 0.3 is 18.0 Å². The van der Waals surface area contributed by atoms with E-state index < -0.39 is 18.0 Å². The highest BCUT2D eigenvalue weighted by Crippen LogP contribution is 2.45. The molecule has 0 aliphatic carbocycles. The summed E-state index contributed by atoms with van der Waals surface area (Å²) in [6.45, 7) is 9.06. The molecule has 2 saturated heterocycles. The molecule has 2 aliphatic heterocycles. The van der Waals surface area contributed by atoms with Crippen LogP contribution in [-0.2, 0) is 9.59 Å². The van der Waals surface area contributed by atoms with Gasteiger partial charge in [-0.3, -0.25) is 0 Å². The second-order valence-corrected chi connectivity index (χ2v) is 6.96. The van der Waals surface area contributed by atoms with Crippen molar-refractivity contribution >= 4 is 18.0 Å². The highest BCUT2D eigenvalue weighted by atomic mass is 16.4. The Kier molecular flexibility index (Phi) is 5.39. The molecule has 2 heterocycles. The number of piperidine rings is 1. The first kappa shape index (κ1) is 18.2. The van der Waals surface area contributed by atoms with Gasteiger partial charge in [0.15, 0.2) is 0 Å². The molecule has 126 valence electrons. The summed E-state index contributed by atoms with van der Waals surface area (Å²) < 4.78 is 0. The molecule has 2 aliphatic rings. The van der Waals surface area contributed by atoms with Crippen LogP contribution in [0.25, 0.3) is 0 Å². The van der Waals surface area contributed by atoms with Crippen LogP contribution in [-0.4, -0.2) is 63.9 Å². The summed E-state index contributed by atoms with van der Waals surface area (Å²) >= 11 is 0. The molecular weight excluding hydrogens is 292 g/mol. The zero-order valence-corrected chi connectivity index (χ0v) is 13.1. The standard InChI is InChI=1S/C12H22N2O2.C2H2O4/c1-11(2,3)9-12(7-13-9)5-4-6-14(8-12)10(15)16;3-1(4)2(5)6/h9,13H,4-8H2,1-3H3,(H,15,16);(H,3,4)(H,5,6). The minimum atomic E-state index is -1.82. The van der Waals surface area contributed by atoms with Crippen molar-refractivity contribution in [2.45, 2.75) is 39.7 Å². The average molecular weight is 316 g/mol. The first-order chi connectivity index (χ1) is 9.99. The van der Waals surface area contributed by atoms with Gasteiger partial charge in [-0.1, -0.05) is 20.8 Å². The third kappa shape index (κ3) is 4.09. The van der Waals surface area contributed by atoms with Crippen molar-refractivity contribution in [1.82, 2.24) is 10.2 Å². The van der Waals surface area contributed by atoms with E-state index in [1.54, 1.807) is 4.90 Å². The van der Waals surface area contributed by atoms with Gasteiger partial charge < -0.3 is 25.5 Å². The smallest absolute Gasteiger partial charge is 0.414 e. The van der Waals surface area contributed by atoms with Gasteiger partial charge in [0.2, 0.25) is 0 Å². The van der Waals surface area contributed by atoms with Crippen LogP contribution in [0, 0.1) is 10.8 Å². The Bertz CT molecular complexity index is 447. The molecule has 0 saturated carbocycles. The first-order valence-electron chi connectivity index (χ1n) is 7.17. The Hall–Kier alpha value is -1.83. The van der Waals surface area contributed by atoms with Gasteiger partial charge in [-0.25, -0.2) is 14.4 Å². The molecule has 0 bridgehead atoms. The zero-order valence-electron chi connectivity index (χ0n) is 13.1. The molecule has 2 fully saturated rings. The number of carboxylic acids is 2. The van der Waals surface area contributed by atoms with Crippen LogP contribution < -0.4 is 5.32 Å². The lowest BCUT2D eigenvalue weighted by Gasteiger charge is -2.59. The fourth-order valence-electron chi connectivity index (χ4n) is 3.42.